The summed E-state index contributed by atoms with van der Waals surface area (Å²) in [5.74, 6) is 0.553. The Bertz CT molecular complexity index is 781. The van der Waals surface area contributed by atoms with Crippen LogP contribution in [0.25, 0.3) is 0 Å². The lowest BCUT2D eigenvalue weighted by Gasteiger charge is -2.15. The van der Waals surface area contributed by atoms with Crippen molar-refractivity contribution in [2.75, 3.05) is 38.0 Å². The van der Waals surface area contributed by atoms with Gasteiger partial charge in [-0.25, -0.2) is 0 Å². The third kappa shape index (κ3) is 6.28. The first-order chi connectivity index (χ1) is 12.8. The molecule has 0 aliphatic rings. The Morgan fingerprint density at radius 2 is 1.74 bits per heavy atom. The van der Waals surface area contributed by atoms with E-state index in [1.54, 1.807) is 24.3 Å². The van der Waals surface area contributed by atoms with Crippen LogP contribution in [-0.4, -0.2) is 39.5 Å². The van der Waals surface area contributed by atoms with Crippen molar-refractivity contribution in [1.29, 1.82) is 0 Å². The van der Waals surface area contributed by atoms with E-state index in [0.29, 0.717) is 17.2 Å². The molecule has 0 aliphatic heterocycles. The predicted molar refractivity (Wildman–Crippen MR) is 94.7 cm³/mol. The molecule has 1 amide bonds. The van der Waals surface area contributed by atoms with Gasteiger partial charge in [0.1, 0.15) is 17.2 Å². The third-order valence-electron chi connectivity index (χ3n) is 3.40. The summed E-state index contributed by atoms with van der Waals surface area (Å²) in [5, 5.41) is 5.41. The molecule has 0 fully saturated rings. The molecule has 0 saturated heterocycles. The van der Waals surface area contributed by atoms with E-state index in [-0.39, 0.29) is 18.0 Å². The van der Waals surface area contributed by atoms with Gasteiger partial charge in [-0.2, -0.15) is 13.2 Å². The van der Waals surface area contributed by atoms with Gasteiger partial charge < -0.3 is 24.8 Å². The maximum Gasteiger partial charge on any atom is 0.422 e. The quantitative estimate of drug-likeness (QED) is 0.727. The summed E-state index contributed by atoms with van der Waals surface area (Å²) < 4.78 is 52.0. The number of para-hydroxylation sites is 2. The van der Waals surface area contributed by atoms with Crippen LogP contribution in [0.5, 0.6) is 17.2 Å². The van der Waals surface area contributed by atoms with Crippen LogP contribution < -0.4 is 24.8 Å². The molecule has 0 heterocycles. The molecule has 27 heavy (non-hydrogen) atoms. The molecule has 2 aromatic carbocycles. The molecule has 2 N–H and O–H groups in total. The van der Waals surface area contributed by atoms with Crippen LogP contribution >= 0.6 is 0 Å². The zero-order valence-corrected chi connectivity index (χ0v) is 14.7. The van der Waals surface area contributed by atoms with Gasteiger partial charge in [0.05, 0.1) is 32.1 Å². The van der Waals surface area contributed by atoms with E-state index in [2.05, 4.69) is 10.6 Å². The molecular formula is C18H19F3N2O4. The number of amides is 1. The molecule has 6 nitrogen and oxygen atoms in total. The van der Waals surface area contributed by atoms with Gasteiger partial charge in [-0.3, -0.25) is 4.79 Å². The fourth-order valence-electron chi connectivity index (χ4n) is 2.18. The first kappa shape index (κ1) is 20.2. The highest BCUT2D eigenvalue weighted by Gasteiger charge is 2.28. The number of anilines is 2. The molecule has 0 unspecified atom stereocenters. The minimum atomic E-state index is -4.45. The number of hydrogen-bond donors (Lipinski definition) is 2. The minimum Gasteiger partial charge on any atom is -0.497 e. The highest BCUT2D eigenvalue weighted by molar-refractivity contribution is 5.95. The average molecular weight is 384 g/mol. The predicted octanol–water partition coefficient (Wildman–Crippen LogP) is 3.70. The zero-order chi connectivity index (χ0) is 19.9. The van der Waals surface area contributed by atoms with E-state index in [9.17, 15) is 18.0 Å². The van der Waals surface area contributed by atoms with Gasteiger partial charge in [0, 0.05) is 6.07 Å². The Morgan fingerprint density at radius 1 is 1.00 bits per heavy atom. The van der Waals surface area contributed by atoms with E-state index in [4.69, 9.17) is 14.2 Å². The average Bonchev–Trinajstić information content (AvgIpc) is 2.64. The Balaban J connectivity index is 2.00. The Kier molecular flexibility index (Phi) is 6.75. The number of methoxy groups -OCH3 is 2. The number of ether oxygens (including phenoxy) is 3. The molecule has 0 spiro atoms. The molecule has 0 radical (unpaired) electrons. The Labute approximate surface area is 154 Å². The molecule has 2 rings (SSSR count). The summed E-state index contributed by atoms with van der Waals surface area (Å²) in [5.41, 5.74) is 0.680. The van der Waals surface area contributed by atoms with Crippen LogP contribution in [0, 0.1) is 0 Å². The van der Waals surface area contributed by atoms with E-state index in [1.165, 1.54) is 32.4 Å². The number of rotatable bonds is 8. The number of hydrogen-bond acceptors (Lipinski definition) is 5. The molecule has 9 heteroatoms. The van der Waals surface area contributed by atoms with Gasteiger partial charge in [-0.15, -0.1) is 0 Å². The van der Waals surface area contributed by atoms with Crippen LogP contribution in [0.1, 0.15) is 0 Å². The molecule has 0 bridgehead atoms. The number of halogens is 3. The van der Waals surface area contributed by atoms with Gasteiger partial charge in [0.2, 0.25) is 5.91 Å². The highest BCUT2D eigenvalue weighted by atomic mass is 19.4. The van der Waals surface area contributed by atoms with Gasteiger partial charge >= 0.3 is 6.18 Å². The smallest absolute Gasteiger partial charge is 0.422 e. The van der Waals surface area contributed by atoms with Gasteiger partial charge in [0.15, 0.2) is 6.61 Å². The van der Waals surface area contributed by atoms with Gasteiger partial charge in [-0.05, 0) is 24.3 Å². The number of nitrogens with one attached hydrogen (secondary N) is 2. The van der Waals surface area contributed by atoms with Crippen molar-refractivity contribution in [1.82, 2.24) is 0 Å². The second-order valence-corrected chi connectivity index (χ2v) is 5.37. The first-order valence-corrected chi connectivity index (χ1v) is 7.86. The van der Waals surface area contributed by atoms with Crippen LogP contribution in [0.2, 0.25) is 0 Å². The van der Waals surface area contributed by atoms with Crippen LogP contribution in [0.4, 0.5) is 24.5 Å². The van der Waals surface area contributed by atoms with E-state index in [0.717, 1.165) is 0 Å². The Hall–Kier alpha value is -3.10. The molecule has 146 valence electrons. The van der Waals surface area contributed by atoms with Crippen LogP contribution in [-0.2, 0) is 4.79 Å². The van der Waals surface area contributed by atoms with Crippen molar-refractivity contribution >= 4 is 17.3 Å². The number of carbonyl (C=O) groups excluding carboxylic acids is 1. The standard InChI is InChI=1S/C18H19F3N2O4/c1-25-12-7-8-15(26-2)14(9-12)23-17(24)10-22-13-5-3-4-6-16(13)27-11-18(19,20)21/h3-9,22H,10-11H2,1-2H3,(H,23,24). The highest BCUT2D eigenvalue weighted by Crippen LogP contribution is 2.29. The summed E-state index contributed by atoms with van der Waals surface area (Å²) in [6, 6.07) is 11.0. The largest absolute Gasteiger partial charge is 0.497 e. The molecule has 2 aromatic rings. The Morgan fingerprint density at radius 3 is 2.41 bits per heavy atom. The van der Waals surface area contributed by atoms with Crippen molar-refractivity contribution in [3.05, 3.63) is 42.5 Å². The summed E-state index contributed by atoms with van der Waals surface area (Å²) in [4.78, 5) is 12.2. The van der Waals surface area contributed by atoms with Gasteiger partial charge in [0.25, 0.3) is 0 Å². The number of alkyl halides is 3. The zero-order valence-electron chi connectivity index (χ0n) is 14.7. The van der Waals surface area contributed by atoms with Crippen molar-refractivity contribution in [3.63, 3.8) is 0 Å². The summed E-state index contributed by atoms with van der Waals surface area (Å²) in [6.45, 7) is -1.61. The fourth-order valence-corrected chi connectivity index (χ4v) is 2.18. The molecule has 0 aromatic heterocycles. The van der Waals surface area contributed by atoms with E-state index < -0.39 is 18.7 Å². The number of carbonyl (C=O) groups is 1. The maximum absolute atomic E-state index is 12.3. The topological polar surface area (TPSA) is 68.8 Å². The van der Waals surface area contributed by atoms with Crippen molar-refractivity contribution < 1.29 is 32.2 Å². The van der Waals surface area contributed by atoms with Crippen LogP contribution in [0.3, 0.4) is 0 Å². The van der Waals surface area contributed by atoms with Crippen molar-refractivity contribution in [2.45, 2.75) is 6.18 Å². The minimum absolute atomic E-state index is 0.00147. The third-order valence-corrected chi connectivity index (χ3v) is 3.40. The summed E-state index contributed by atoms with van der Waals surface area (Å²) in [7, 11) is 2.96. The van der Waals surface area contributed by atoms with Crippen molar-refractivity contribution in [3.8, 4) is 17.2 Å². The van der Waals surface area contributed by atoms with Gasteiger partial charge in [-0.1, -0.05) is 12.1 Å². The summed E-state index contributed by atoms with van der Waals surface area (Å²) >= 11 is 0. The maximum atomic E-state index is 12.3. The second kappa shape index (κ2) is 9.02. The lowest BCUT2D eigenvalue weighted by Crippen LogP contribution is -2.23. The monoisotopic (exact) mass is 384 g/mol. The van der Waals surface area contributed by atoms with E-state index >= 15 is 0 Å². The molecule has 0 saturated carbocycles. The summed E-state index contributed by atoms with van der Waals surface area (Å²) in [6.07, 6.45) is -4.45. The SMILES string of the molecule is COc1ccc(OC)c(NC(=O)CNc2ccccc2OCC(F)(F)F)c1. The molecule has 0 aliphatic carbocycles. The molecular weight excluding hydrogens is 365 g/mol. The molecule has 0 atom stereocenters. The fraction of sp³-hybridized carbons (Fsp3) is 0.278. The second-order valence-electron chi connectivity index (χ2n) is 5.37. The lowest BCUT2D eigenvalue weighted by molar-refractivity contribution is -0.153. The lowest BCUT2D eigenvalue weighted by atomic mass is 10.2. The van der Waals surface area contributed by atoms with Crippen LogP contribution in [0.15, 0.2) is 42.5 Å². The van der Waals surface area contributed by atoms with Crippen molar-refractivity contribution in [2.24, 2.45) is 0 Å². The first-order valence-electron chi connectivity index (χ1n) is 7.86. The number of benzene rings is 2. The van der Waals surface area contributed by atoms with E-state index in [1.807, 2.05) is 0 Å². The normalized spacial score (nSPS) is 10.9.